The van der Waals surface area contributed by atoms with Crippen LogP contribution in [0.15, 0.2) is 24.3 Å². The molecule has 0 heterocycles. The standard InChI is InChI=1S/C15H18N2O5/c18-13(11-6-5-7-12(10-11)17(21)22)16-15(14(19)20)8-3-1-2-4-9-15/h5-7,10H,1-4,8-9H2,(H,16,18)(H,19,20). The Bertz CT molecular complexity index is 591. The van der Waals surface area contributed by atoms with E-state index in [2.05, 4.69) is 5.32 Å². The highest BCUT2D eigenvalue weighted by atomic mass is 16.6. The summed E-state index contributed by atoms with van der Waals surface area (Å²) in [6, 6.07) is 5.29. The third kappa shape index (κ3) is 3.41. The van der Waals surface area contributed by atoms with Crippen LogP contribution in [0, 0.1) is 10.1 Å². The molecule has 7 nitrogen and oxygen atoms in total. The molecule has 1 saturated carbocycles. The summed E-state index contributed by atoms with van der Waals surface area (Å²) in [6.07, 6.45) is 4.12. The topological polar surface area (TPSA) is 110 Å². The van der Waals surface area contributed by atoms with E-state index in [0.717, 1.165) is 31.7 Å². The lowest BCUT2D eigenvalue weighted by Gasteiger charge is -2.29. The van der Waals surface area contributed by atoms with E-state index in [0.29, 0.717) is 12.8 Å². The first kappa shape index (κ1) is 15.9. The maximum Gasteiger partial charge on any atom is 0.329 e. The van der Waals surface area contributed by atoms with Crippen molar-refractivity contribution in [1.29, 1.82) is 0 Å². The predicted octanol–water partition coefficient (Wildman–Crippen LogP) is 2.50. The molecule has 1 aromatic carbocycles. The van der Waals surface area contributed by atoms with Crippen molar-refractivity contribution in [2.45, 2.75) is 44.1 Å². The van der Waals surface area contributed by atoms with Crippen molar-refractivity contribution in [3.8, 4) is 0 Å². The van der Waals surface area contributed by atoms with Crippen LogP contribution in [0.2, 0.25) is 0 Å². The van der Waals surface area contributed by atoms with Crippen LogP contribution in [-0.2, 0) is 4.79 Å². The van der Waals surface area contributed by atoms with E-state index in [1.165, 1.54) is 18.2 Å². The van der Waals surface area contributed by atoms with Crippen molar-refractivity contribution in [1.82, 2.24) is 5.32 Å². The van der Waals surface area contributed by atoms with E-state index >= 15 is 0 Å². The minimum Gasteiger partial charge on any atom is -0.480 e. The van der Waals surface area contributed by atoms with Gasteiger partial charge in [0.25, 0.3) is 11.6 Å². The van der Waals surface area contributed by atoms with E-state index in [1.54, 1.807) is 0 Å². The van der Waals surface area contributed by atoms with Gasteiger partial charge in [0.15, 0.2) is 0 Å². The predicted molar refractivity (Wildman–Crippen MR) is 78.6 cm³/mol. The largest absolute Gasteiger partial charge is 0.480 e. The first-order chi connectivity index (χ1) is 10.4. The first-order valence-corrected chi connectivity index (χ1v) is 7.25. The zero-order chi connectivity index (χ0) is 16.2. The maximum absolute atomic E-state index is 12.3. The lowest BCUT2D eigenvalue weighted by Crippen LogP contribution is -2.54. The molecule has 0 radical (unpaired) electrons. The van der Waals surface area contributed by atoms with Gasteiger partial charge in [0.1, 0.15) is 5.54 Å². The number of carboxylic acids is 1. The van der Waals surface area contributed by atoms with E-state index in [4.69, 9.17) is 0 Å². The number of carboxylic acid groups (broad SMARTS) is 1. The van der Waals surface area contributed by atoms with E-state index < -0.39 is 22.3 Å². The number of nitro groups is 1. The second-order valence-electron chi connectivity index (χ2n) is 5.56. The number of carbonyl (C=O) groups excluding carboxylic acids is 1. The molecule has 0 bridgehead atoms. The summed E-state index contributed by atoms with van der Waals surface area (Å²) in [5, 5.41) is 22.9. The third-order valence-corrected chi connectivity index (χ3v) is 4.04. The number of benzene rings is 1. The number of nitrogens with one attached hydrogen (secondary N) is 1. The minimum atomic E-state index is -1.28. The van der Waals surface area contributed by atoms with Gasteiger partial charge in [-0.1, -0.05) is 31.7 Å². The molecular formula is C15H18N2O5. The molecule has 0 aromatic heterocycles. The number of hydrogen-bond donors (Lipinski definition) is 2. The average molecular weight is 306 g/mol. The Morgan fingerprint density at radius 1 is 1.18 bits per heavy atom. The van der Waals surface area contributed by atoms with Gasteiger partial charge in [0.2, 0.25) is 0 Å². The summed E-state index contributed by atoms with van der Waals surface area (Å²) < 4.78 is 0. The van der Waals surface area contributed by atoms with Crippen molar-refractivity contribution >= 4 is 17.6 Å². The van der Waals surface area contributed by atoms with Crippen molar-refractivity contribution < 1.29 is 19.6 Å². The number of rotatable bonds is 4. The Kier molecular flexibility index (Phi) is 4.75. The Morgan fingerprint density at radius 2 is 1.82 bits per heavy atom. The summed E-state index contributed by atoms with van der Waals surface area (Å²) in [5.74, 6) is -1.64. The lowest BCUT2D eigenvalue weighted by molar-refractivity contribution is -0.384. The van der Waals surface area contributed by atoms with Crippen molar-refractivity contribution in [2.75, 3.05) is 0 Å². The monoisotopic (exact) mass is 306 g/mol. The summed E-state index contributed by atoms with van der Waals surface area (Å²) in [4.78, 5) is 34.1. The molecule has 1 aliphatic rings. The lowest BCUT2D eigenvalue weighted by atomic mass is 9.90. The van der Waals surface area contributed by atoms with Crippen LogP contribution in [0.25, 0.3) is 0 Å². The highest BCUT2D eigenvalue weighted by Crippen LogP contribution is 2.28. The Balaban J connectivity index is 2.23. The molecule has 1 aromatic rings. The summed E-state index contributed by atoms with van der Waals surface area (Å²) in [6.45, 7) is 0. The van der Waals surface area contributed by atoms with E-state index in [-0.39, 0.29) is 11.3 Å². The van der Waals surface area contributed by atoms with Crippen LogP contribution in [-0.4, -0.2) is 27.4 Å². The van der Waals surface area contributed by atoms with E-state index in [9.17, 15) is 24.8 Å². The summed E-state index contributed by atoms with van der Waals surface area (Å²) in [7, 11) is 0. The van der Waals surface area contributed by atoms with Gasteiger partial charge in [-0.2, -0.15) is 0 Å². The number of carbonyl (C=O) groups is 2. The Hall–Kier alpha value is -2.44. The van der Waals surface area contributed by atoms with Crippen molar-refractivity contribution in [2.24, 2.45) is 0 Å². The first-order valence-electron chi connectivity index (χ1n) is 7.25. The Labute approximate surface area is 127 Å². The smallest absolute Gasteiger partial charge is 0.329 e. The molecule has 0 spiro atoms. The number of nitrogens with zero attached hydrogens (tertiary/aromatic N) is 1. The van der Waals surface area contributed by atoms with E-state index in [1.807, 2.05) is 0 Å². The maximum atomic E-state index is 12.3. The molecule has 1 amide bonds. The number of aliphatic carboxylic acids is 1. The van der Waals surface area contributed by atoms with Gasteiger partial charge in [-0.3, -0.25) is 14.9 Å². The van der Waals surface area contributed by atoms with Gasteiger partial charge in [0, 0.05) is 17.7 Å². The Morgan fingerprint density at radius 3 is 2.36 bits per heavy atom. The second kappa shape index (κ2) is 6.55. The molecule has 0 unspecified atom stereocenters. The van der Waals surface area contributed by atoms with Crippen LogP contribution in [0.1, 0.15) is 48.9 Å². The van der Waals surface area contributed by atoms with Crippen LogP contribution in [0.5, 0.6) is 0 Å². The highest BCUT2D eigenvalue weighted by molar-refractivity contribution is 5.98. The third-order valence-electron chi connectivity index (χ3n) is 4.04. The molecular weight excluding hydrogens is 288 g/mol. The number of hydrogen-bond acceptors (Lipinski definition) is 4. The molecule has 7 heteroatoms. The molecule has 0 aliphatic heterocycles. The molecule has 22 heavy (non-hydrogen) atoms. The molecule has 118 valence electrons. The minimum absolute atomic E-state index is 0.0964. The number of non-ortho nitro benzene ring substituents is 1. The fourth-order valence-corrected chi connectivity index (χ4v) is 2.77. The molecule has 0 saturated heterocycles. The van der Waals surface area contributed by atoms with Crippen LogP contribution >= 0.6 is 0 Å². The van der Waals surface area contributed by atoms with Crippen LogP contribution < -0.4 is 5.32 Å². The zero-order valence-electron chi connectivity index (χ0n) is 12.1. The highest BCUT2D eigenvalue weighted by Gasteiger charge is 2.40. The van der Waals surface area contributed by atoms with Crippen LogP contribution in [0.4, 0.5) is 5.69 Å². The van der Waals surface area contributed by atoms with Gasteiger partial charge in [-0.05, 0) is 18.9 Å². The molecule has 0 atom stereocenters. The van der Waals surface area contributed by atoms with Gasteiger partial charge in [0.05, 0.1) is 4.92 Å². The SMILES string of the molecule is O=C(NC1(C(=O)O)CCCCCC1)c1cccc([N+](=O)[O-])c1. The normalized spacial score (nSPS) is 17.3. The van der Waals surface area contributed by atoms with Crippen molar-refractivity contribution in [3.63, 3.8) is 0 Å². The second-order valence-corrected chi connectivity index (χ2v) is 5.56. The quantitative estimate of drug-likeness (QED) is 0.504. The van der Waals surface area contributed by atoms with Crippen molar-refractivity contribution in [3.05, 3.63) is 39.9 Å². The van der Waals surface area contributed by atoms with Gasteiger partial charge < -0.3 is 10.4 Å². The summed E-state index contributed by atoms with van der Waals surface area (Å²) in [5.41, 5.74) is -1.38. The number of amides is 1. The fourth-order valence-electron chi connectivity index (χ4n) is 2.77. The molecule has 2 N–H and O–H groups in total. The van der Waals surface area contributed by atoms with Gasteiger partial charge >= 0.3 is 5.97 Å². The average Bonchev–Trinajstić information content (AvgIpc) is 2.74. The molecule has 1 aliphatic carbocycles. The van der Waals surface area contributed by atoms with Crippen LogP contribution in [0.3, 0.4) is 0 Å². The molecule has 1 fully saturated rings. The van der Waals surface area contributed by atoms with Gasteiger partial charge in [-0.15, -0.1) is 0 Å². The summed E-state index contributed by atoms with van der Waals surface area (Å²) >= 11 is 0. The van der Waals surface area contributed by atoms with Gasteiger partial charge in [-0.25, -0.2) is 4.79 Å². The number of nitro benzene ring substituents is 1. The molecule has 2 rings (SSSR count). The fraction of sp³-hybridized carbons (Fsp3) is 0.467. The zero-order valence-corrected chi connectivity index (χ0v) is 12.1.